The first kappa shape index (κ1) is 14.8. The van der Waals surface area contributed by atoms with Crippen LogP contribution < -0.4 is 10.1 Å². The number of benzene rings is 1. The SMILES string of the molecule is COc1ccc(NC(=O)CSC(=S)N(C)C)cc1. The summed E-state index contributed by atoms with van der Waals surface area (Å²) in [4.78, 5) is 13.5. The first-order valence-electron chi connectivity index (χ1n) is 5.31. The van der Waals surface area contributed by atoms with Gasteiger partial charge in [-0.1, -0.05) is 24.0 Å². The third kappa shape index (κ3) is 4.93. The number of hydrogen-bond donors (Lipinski definition) is 1. The van der Waals surface area contributed by atoms with Crippen LogP contribution in [0.25, 0.3) is 0 Å². The molecular formula is C12H16N2O2S2. The predicted octanol–water partition coefficient (Wildman–Crippen LogP) is 2.21. The summed E-state index contributed by atoms with van der Waals surface area (Å²) in [5, 5.41) is 2.79. The second-order valence-corrected chi connectivity index (χ2v) is 5.33. The lowest BCUT2D eigenvalue weighted by molar-refractivity contribution is -0.113. The number of anilines is 1. The van der Waals surface area contributed by atoms with Gasteiger partial charge in [0, 0.05) is 19.8 Å². The monoisotopic (exact) mass is 284 g/mol. The Morgan fingerprint density at radius 2 is 2.00 bits per heavy atom. The van der Waals surface area contributed by atoms with Gasteiger partial charge in [-0.05, 0) is 24.3 Å². The van der Waals surface area contributed by atoms with E-state index in [0.29, 0.717) is 10.1 Å². The van der Waals surface area contributed by atoms with Crippen LogP contribution in [0, 0.1) is 0 Å². The molecule has 0 fully saturated rings. The topological polar surface area (TPSA) is 41.6 Å². The number of nitrogens with one attached hydrogen (secondary N) is 1. The molecule has 0 aliphatic rings. The van der Waals surface area contributed by atoms with E-state index in [-0.39, 0.29) is 5.91 Å². The zero-order valence-corrected chi connectivity index (χ0v) is 12.2. The minimum atomic E-state index is -0.0747. The molecule has 0 radical (unpaired) electrons. The van der Waals surface area contributed by atoms with Crippen molar-refractivity contribution in [2.75, 3.05) is 32.3 Å². The fraction of sp³-hybridized carbons (Fsp3) is 0.333. The summed E-state index contributed by atoms with van der Waals surface area (Å²) in [5.41, 5.74) is 0.747. The van der Waals surface area contributed by atoms with Crippen molar-refractivity contribution < 1.29 is 9.53 Å². The molecular weight excluding hydrogens is 268 g/mol. The first-order valence-corrected chi connectivity index (χ1v) is 6.70. The molecule has 0 bridgehead atoms. The summed E-state index contributed by atoms with van der Waals surface area (Å²) in [6, 6.07) is 7.19. The van der Waals surface area contributed by atoms with E-state index < -0.39 is 0 Å². The van der Waals surface area contributed by atoms with Gasteiger partial charge in [0.15, 0.2) is 0 Å². The summed E-state index contributed by atoms with van der Waals surface area (Å²) in [7, 11) is 5.32. The highest BCUT2D eigenvalue weighted by Gasteiger charge is 2.06. The molecule has 0 aromatic heterocycles. The largest absolute Gasteiger partial charge is 0.497 e. The Morgan fingerprint density at radius 1 is 1.39 bits per heavy atom. The standard InChI is InChI=1S/C12H16N2O2S2/c1-14(2)12(17)18-8-11(15)13-9-4-6-10(16-3)7-5-9/h4-7H,8H2,1-3H3,(H,13,15). The van der Waals surface area contributed by atoms with Crippen LogP contribution in [0.1, 0.15) is 0 Å². The maximum absolute atomic E-state index is 11.7. The summed E-state index contributed by atoms with van der Waals surface area (Å²) >= 11 is 6.43. The molecule has 18 heavy (non-hydrogen) atoms. The van der Waals surface area contributed by atoms with E-state index >= 15 is 0 Å². The summed E-state index contributed by atoms with van der Waals surface area (Å²) in [6.45, 7) is 0. The molecule has 0 atom stereocenters. The molecule has 0 saturated carbocycles. The van der Waals surface area contributed by atoms with Gasteiger partial charge >= 0.3 is 0 Å². The average Bonchev–Trinajstić information content (AvgIpc) is 2.36. The van der Waals surface area contributed by atoms with Gasteiger partial charge < -0.3 is 15.0 Å². The Balaban J connectivity index is 2.42. The van der Waals surface area contributed by atoms with Crippen LogP contribution in [0.2, 0.25) is 0 Å². The van der Waals surface area contributed by atoms with Crippen molar-refractivity contribution in [3.05, 3.63) is 24.3 Å². The Labute approximate surface area is 117 Å². The maximum Gasteiger partial charge on any atom is 0.234 e. The Morgan fingerprint density at radius 3 is 2.50 bits per heavy atom. The number of rotatable bonds is 4. The van der Waals surface area contributed by atoms with Crippen molar-refractivity contribution in [2.45, 2.75) is 0 Å². The predicted molar refractivity (Wildman–Crippen MR) is 80.4 cm³/mol. The van der Waals surface area contributed by atoms with Crippen LogP contribution >= 0.6 is 24.0 Å². The molecule has 0 saturated heterocycles. The number of carbonyl (C=O) groups is 1. The van der Waals surface area contributed by atoms with Gasteiger partial charge in [0.1, 0.15) is 10.1 Å². The van der Waals surface area contributed by atoms with Gasteiger partial charge in [-0.25, -0.2) is 0 Å². The minimum absolute atomic E-state index is 0.0747. The maximum atomic E-state index is 11.7. The molecule has 98 valence electrons. The number of thioether (sulfide) groups is 1. The summed E-state index contributed by atoms with van der Waals surface area (Å²) < 4.78 is 5.73. The fourth-order valence-electron chi connectivity index (χ4n) is 1.13. The van der Waals surface area contributed by atoms with Gasteiger partial charge in [-0.3, -0.25) is 4.79 Å². The third-order valence-electron chi connectivity index (χ3n) is 2.07. The number of thiocarbonyl (C=S) groups is 1. The highest BCUT2D eigenvalue weighted by Crippen LogP contribution is 2.15. The van der Waals surface area contributed by atoms with Crippen LogP contribution in [-0.4, -0.2) is 42.1 Å². The fourth-order valence-corrected chi connectivity index (χ4v) is 1.89. The normalized spacial score (nSPS) is 9.72. The van der Waals surface area contributed by atoms with Crippen LogP contribution in [0.3, 0.4) is 0 Å². The van der Waals surface area contributed by atoms with Gasteiger partial charge in [-0.2, -0.15) is 0 Å². The minimum Gasteiger partial charge on any atom is -0.497 e. The molecule has 0 aliphatic heterocycles. The Kier molecular flexibility index (Phi) is 5.94. The van der Waals surface area contributed by atoms with Crippen LogP contribution in [-0.2, 0) is 4.79 Å². The molecule has 0 unspecified atom stereocenters. The highest BCUT2D eigenvalue weighted by molar-refractivity contribution is 8.23. The zero-order valence-electron chi connectivity index (χ0n) is 10.6. The van der Waals surface area contributed by atoms with E-state index in [1.54, 1.807) is 36.3 Å². The molecule has 1 aromatic carbocycles. The van der Waals surface area contributed by atoms with Crippen LogP contribution in [0.4, 0.5) is 5.69 Å². The molecule has 1 N–H and O–H groups in total. The lowest BCUT2D eigenvalue weighted by Crippen LogP contribution is -2.20. The third-order valence-corrected chi connectivity index (χ3v) is 3.80. The van der Waals surface area contributed by atoms with E-state index in [1.165, 1.54) is 11.8 Å². The second-order valence-electron chi connectivity index (χ2n) is 3.73. The number of ether oxygens (including phenoxy) is 1. The average molecular weight is 284 g/mol. The lowest BCUT2D eigenvalue weighted by Gasteiger charge is -2.12. The van der Waals surface area contributed by atoms with Crippen LogP contribution in [0.5, 0.6) is 5.75 Å². The Bertz CT molecular complexity index is 419. The van der Waals surface area contributed by atoms with Crippen molar-refractivity contribution in [2.24, 2.45) is 0 Å². The molecule has 4 nitrogen and oxygen atoms in total. The summed E-state index contributed by atoms with van der Waals surface area (Å²) in [5.74, 6) is 0.994. The highest BCUT2D eigenvalue weighted by atomic mass is 32.2. The van der Waals surface area contributed by atoms with Crippen molar-refractivity contribution in [3.63, 3.8) is 0 Å². The summed E-state index contributed by atoms with van der Waals surface area (Å²) in [6.07, 6.45) is 0. The molecule has 0 spiro atoms. The van der Waals surface area contributed by atoms with Crippen molar-refractivity contribution in [1.29, 1.82) is 0 Å². The van der Waals surface area contributed by atoms with E-state index in [1.807, 2.05) is 14.1 Å². The van der Waals surface area contributed by atoms with Gasteiger partial charge in [0.05, 0.1) is 12.9 Å². The molecule has 1 amide bonds. The first-order chi connectivity index (χ1) is 8.52. The van der Waals surface area contributed by atoms with E-state index in [2.05, 4.69) is 5.32 Å². The molecule has 0 aliphatic carbocycles. The molecule has 1 aromatic rings. The number of methoxy groups -OCH3 is 1. The van der Waals surface area contributed by atoms with Crippen LogP contribution in [0.15, 0.2) is 24.3 Å². The van der Waals surface area contributed by atoms with Crippen molar-refractivity contribution in [3.8, 4) is 5.75 Å². The lowest BCUT2D eigenvalue weighted by atomic mass is 10.3. The number of carbonyl (C=O) groups excluding carboxylic acids is 1. The van der Waals surface area contributed by atoms with E-state index in [0.717, 1.165) is 11.4 Å². The van der Waals surface area contributed by atoms with Gasteiger partial charge in [0.2, 0.25) is 5.91 Å². The number of nitrogens with zero attached hydrogens (tertiary/aromatic N) is 1. The number of amides is 1. The Hall–Kier alpha value is -1.27. The van der Waals surface area contributed by atoms with E-state index in [4.69, 9.17) is 17.0 Å². The van der Waals surface area contributed by atoms with Gasteiger partial charge in [-0.15, -0.1) is 0 Å². The quantitative estimate of drug-likeness (QED) is 0.859. The number of hydrogen-bond acceptors (Lipinski definition) is 4. The molecule has 0 heterocycles. The van der Waals surface area contributed by atoms with E-state index in [9.17, 15) is 4.79 Å². The smallest absolute Gasteiger partial charge is 0.234 e. The van der Waals surface area contributed by atoms with Crippen molar-refractivity contribution >= 4 is 39.9 Å². The second kappa shape index (κ2) is 7.23. The zero-order chi connectivity index (χ0) is 13.5. The van der Waals surface area contributed by atoms with Crippen molar-refractivity contribution in [1.82, 2.24) is 4.90 Å². The van der Waals surface area contributed by atoms with Gasteiger partial charge in [0.25, 0.3) is 0 Å². The molecule has 6 heteroatoms. The molecule has 1 rings (SSSR count).